The summed E-state index contributed by atoms with van der Waals surface area (Å²) < 4.78 is 7.69. The number of thiophene rings is 1. The molecule has 3 aromatic heterocycles. The van der Waals surface area contributed by atoms with E-state index in [1.54, 1.807) is 11.3 Å². The highest BCUT2D eigenvalue weighted by molar-refractivity contribution is 7.15. The third-order valence-corrected chi connectivity index (χ3v) is 5.96. The van der Waals surface area contributed by atoms with Crippen molar-refractivity contribution in [2.75, 3.05) is 12.3 Å². The van der Waals surface area contributed by atoms with Gasteiger partial charge in [0, 0.05) is 24.4 Å². The summed E-state index contributed by atoms with van der Waals surface area (Å²) in [5.74, 6) is 0. The fourth-order valence-electron chi connectivity index (χ4n) is 2.73. The second-order valence-electron chi connectivity index (χ2n) is 5.71. The average molecular weight is 362 g/mol. The Kier molecular flexibility index (Phi) is 4.54. The summed E-state index contributed by atoms with van der Waals surface area (Å²) in [4.78, 5) is 2.41. The SMILES string of the molecule is Nc1nnc(CCn2cc(-c3ccc([C@H]4CCCCO4)s3)nn2)s1. The fourth-order valence-corrected chi connectivity index (χ4v) is 4.37. The molecule has 2 N–H and O–H groups in total. The van der Waals surface area contributed by atoms with E-state index in [1.165, 1.54) is 29.1 Å². The van der Waals surface area contributed by atoms with Crippen LogP contribution in [0.1, 0.15) is 35.3 Å². The molecular formula is C15H18N6OS2. The summed E-state index contributed by atoms with van der Waals surface area (Å²) in [5.41, 5.74) is 6.49. The standard InChI is InChI=1S/C15H18N6OS2/c16-15-19-18-14(24-15)6-7-21-9-10(17-20-21)12-4-5-13(23-12)11-3-1-2-8-22-11/h4-5,9,11H,1-3,6-8H2,(H2,16,19)/t11-/m1/s1. The Morgan fingerprint density at radius 1 is 1.21 bits per heavy atom. The summed E-state index contributed by atoms with van der Waals surface area (Å²) in [6, 6.07) is 4.26. The maximum Gasteiger partial charge on any atom is 0.203 e. The third-order valence-electron chi connectivity index (χ3n) is 3.95. The Bertz CT molecular complexity index is 804. The van der Waals surface area contributed by atoms with E-state index in [-0.39, 0.29) is 6.10 Å². The summed E-state index contributed by atoms with van der Waals surface area (Å²) in [6.07, 6.45) is 6.49. The number of hydrogen-bond acceptors (Lipinski definition) is 8. The van der Waals surface area contributed by atoms with Gasteiger partial charge < -0.3 is 10.5 Å². The van der Waals surface area contributed by atoms with Crippen LogP contribution >= 0.6 is 22.7 Å². The van der Waals surface area contributed by atoms with Gasteiger partial charge in [0.25, 0.3) is 0 Å². The largest absolute Gasteiger partial charge is 0.374 e. The molecule has 0 saturated carbocycles. The average Bonchev–Trinajstić information content (AvgIpc) is 3.34. The molecule has 1 atom stereocenters. The molecular weight excluding hydrogens is 344 g/mol. The summed E-state index contributed by atoms with van der Waals surface area (Å²) >= 11 is 3.16. The molecule has 24 heavy (non-hydrogen) atoms. The predicted molar refractivity (Wildman–Crippen MR) is 93.9 cm³/mol. The number of nitrogens with zero attached hydrogens (tertiary/aromatic N) is 5. The van der Waals surface area contributed by atoms with E-state index in [2.05, 4.69) is 32.6 Å². The van der Waals surface area contributed by atoms with Gasteiger partial charge in [-0.05, 0) is 31.4 Å². The van der Waals surface area contributed by atoms with Crippen molar-refractivity contribution in [2.24, 2.45) is 0 Å². The number of anilines is 1. The Morgan fingerprint density at radius 3 is 2.96 bits per heavy atom. The van der Waals surface area contributed by atoms with E-state index >= 15 is 0 Å². The molecule has 4 rings (SSSR count). The van der Waals surface area contributed by atoms with Crippen molar-refractivity contribution in [3.05, 3.63) is 28.2 Å². The maximum absolute atomic E-state index is 5.86. The number of aryl methyl sites for hydroxylation is 2. The molecule has 0 spiro atoms. The molecule has 3 aromatic rings. The summed E-state index contributed by atoms with van der Waals surface area (Å²) in [7, 11) is 0. The molecule has 0 aliphatic carbocycles. The Morgan fingerprint density at radius 2 is 2.17 bits per heavy atom. The molecule has 0 radical (unpaired) electrons. The number of rotatable bonds is 5. The van der Waals surface area contributed by atoms with Gasteiger partial charge in [-0.25, -0.2) is 0 Å². The quantitative estimate of drug-likeness (QED) is 0.750. The number of nitrogens with two attached hydrogens (primary N) is 1. The Labute approximate surface area is 147 Å². The normalized spacial score (nSPS) is 18.1. The van der Waals surface area contributed by atoms with E-state index in [0.29, 0.717) is 11.7 Å². The highest BCUT2D eigenvalue weighted by atomic mass is 32.1. The van der Waals surface area contributed by atoms with Gasteiger partial charge in [-0.1, -0.05) is 16.6 Å². The van der Waals surface area contributed by atoms with Crippen molar-refractivity contribution in [3.8, 4) is 10.6 Å². The van der Waals surface area contributed by atoms with Crippen molar-refractivity contribution >= 4 is 27.8 Å². The molecule has 0 unspecified atom stereocenters. The highest BCUT2D eigenvalue weighted by Gasteiger charge is 2.19. The van der Waals surface area contributed by atoms with Crippen LogP contribution in [-0.4, -0.2) is 31.8 Å². The first-order valence-corrected chi connectivity index (χ1v) is 9.61. The first-order valence-electron chi connectivity index (χ1n) is 7.97. The van der Waals surface area contributed by atoms with Gasteiger partial charge >= 0.3 is 0 Å². The predicted octanol–water partition coefficient (Wildman–Crippen LogP) is 2.92. The van der Waals surface area contributed by atoms with Crippen LogP contribution in [0.4, 0.5) is 5.13 Å². The van der Waals surface area contributed by atoms with Crippen LogP contribution in [0.2, 0.25) is 0 Å². The van der Waals surface area contributed by atoms with E-state index in [9.17, 15) is 0 Å². The van der Waals surface area contributed by atoms with Gasteiger partial charge in [0.1, 0.15) is 10.7 Å². The molecule has 4 heterocycles. The zero-order valence-electron chi connectivity index (χ0n) is 13.1. The highest BCUT2D eigenvalue weighted by Crippen LogP contribution is 2.35. The van der Waals surface area contributed by atoms with Crippen LogP contribution in [0.25, 0.3) is 10.6 Å². The molecule has 1 aliphatic rings. The molecule has 9 heteroatoms. The zero-order chi connectivity index (χ0) is 16.4. The molecule has 0 bridgehead atoms. The second kappa shape index (κ2) is 6.96. The number of ether oxygens (including phenoxy) is 1. The number of nitrogen functional groups attached to an aromatic ring is 1. The molecule has 1 saturated heterocycles. The lowest BCUT2D eigenvalue weighted by Gasteiger charge is -2.21. The molecule has 1 fully saturated rings. The van der Waals surface area contributed by atoms with Crippen LogP contribution < -0.4 is 5.73 Å². The molecule has 1 aliphatic heterocycles. The van der Waals surface area contributed by atoms with Gasteiger partial charge in [-0.2, -0.15) is 0 Å². The summed E-state index contributed by atoms with van der Waals surface area (Å²) in [5, 5.41) is 17.7. The van der Waals surface area contributed by atoms with Crippen LogP contribution in [0.3, 0.4) is 0 Å². The fraction of sp³-hybridized carbons (Fsp3) is 0.467. The van der Waals surface area contributed by atoms with E-state index in [1.807, 2.05) is 10.9 Å². The van der Waals surface area contributed by atoms with Crippen molar-refractivity contribution in [1.82, 2.24) is 25.2 Å². The van der Waals surface area contributed by atoms with E-state index in [4.69, 9.17) is 10.5 Å². The van der Waals surface area contributed by atoms with Crippen molar-refractivity contribution in [1.29, 1.82) is 0 Å². The minimum absolute atomic E-state index is 0.246. The van der Waals surface area contributed by atoms with E-state index in [0.717, 1.165) is 35.0 Å². The lowest BCUT2D eigenvalue weighted by molar-refractivity contribution is 0.0172. The number of aromatic nitrogens is 5. The van der Waals surface area contributed by atoms with Crippen LogP contribution in [-0.2, 0) is 17.7 Å². The molecule has 0 aromatic carbocycles. The first-order chi connectivity index (χ1) is 11.8. The number of hydrogen-bond donors (Lipinski definition) is 1. The van der Waals surface area contributed by atoms with Gasteiger partial charge in [0.05, 0.1) is 17.2 Å². The van der Waals surface area contributed by atoms with Crippen molar-refractivity contribution in [3.63, 3.8) is 0 Å². The molecule has 0 amide bonds. The summed E-state index contributed by atoms with van der Waals surface area (Å²) in [6.45, 7) is 1.58. The molecule has 7 nitrogen and oxygen atoms in total. The van der Waals surface area contributed by atoms with Crippen LogP contribution in [0.5, 0.6) is 0 Å². The van der Waals surface area contributed by atoms with E-state index < -0.39 is 0 Å². The van der Waals surface area contributed by atoms with Crippen molar-refractivity contribution < 1.29 is 4.74 Å². The minimum Gasteiger partial charge on any atom is -0.374 e. The van der Waals surface area contributed by atoms with Gasteiger partial charge in [-0.3, -0.25) is 4.68 Å². The third kappa shape index (κ3) is 3.47. The monoisotopic (exact) mass is 362 g/mol. The maximum atomic E-state index is 5.86. The Balaban J connectivity index is 1.41. The van der Waals surface area contributed by atoms with Crippen LogP contribution in [0, 0.1) is 0 Å². The minimum atomic E-state index is 0.246. The smallest absolute Gasteiger partial charge is 0.203 e. The lowest BCUT2D eigenvalue weighted by Crippen LogP contribution is -2.09. The van der Waals surface area contributed by atoms with Crippen molar-refractivity contribution in [2.45, 2.75) is 38.3 Å². The van der Waals surface area contributed by atoms with Gasteiger partial charge in [-0.15, -0.1) is 26.6 Å². The molecule has 126 valence electrons. The second-order valence-corrected chi connectivity index (χ2v) is 7.92. The van der Waals surface area contributed by atoms with Gasteiger partial charge in [0.2, 0.25) is 5.13 Å². The van der Waals surface area contributed by atoms with Crippen LogP contribution in [0.15, 0.2) is 18.3 Å². The first kappa shape index (κ1) is 15.7. The lowest BCUT2D eigenvalue weighted by atomic mass is 10.1. The zero-order valence-corrected chi connectivity index (χ0v) is 14.7. The topological polar surface area (TPSA) is 91.7 Å². The van der Waals surface area contributed by atoms with Gasteiger partial charge in [0.15, 0.2) is 0 Å². The Hall–Kier alpha value is -1.84.